The van der Waals surface area contributed by atoms with Gasteiger partial charge in [0.1, 0.15) is 29.1 Å². The largest absolute Gasteiger partial charge is 0.205 e. The van der Waals surface area contributed by atoms with E-state index in [2.05, 4.69) is 0 Å². The highest BCUT2D eigenvalue weighted by Gasteiger charge is 2.16. The molecule has 0 bridgehead atoms. The fraction of sp³-hybridized carbons (Fsp3) is 0. The minimum atomic E-state index is -1.09. The van der Waals surface area contributed by atoms with E-state index in [1.807, 2.05) is 0 Å². The Labute approximate surface area is 86.5 Å². The van der Waals surface area contributed by atoms with Gasteiger partial charge in [-0.1, -0.05) is 0 Å². The van der Waals surface area contributed by atoms with Crippen LogP contribution in [0, 0.1) is 37.9 Å². The lowest BCUT2D eigenvalue weighted by Gasteiger charge is -2.00. The Hall–Kier alpha value is -1.21. The first-order chi connectivity index (χ1) is 6.11. The van der Waals surface area contributed by atoms with Crippen LogP contribution in [-0.2, 0) is 0 Å². The molecule has 0 unspecified atom stereocenters. The maximum atomic E-state index is 13.1. The summed E-state index contributed by atoms with van der Waals surface area (Å²) < 4.78 is 26.1. The smallest absolute Gasteiger partial charge is 0.162 e. The van der Waals surface area contributed by atoms with Gasteiger partial charge in [0.25, 0.3) is 0 Å². The Morgan fingerprint density at radius 3 is 2.15 bits per heavy atom. The molecule has 13 heavy (non-hydrogen) atoms. The van der Waals surface area contributed by atoms with Gasteiger partial charge in [0.2, 0.25) is 0 Å². The molecule has 2 nitrogen and oxygen atoms in total. The second kappa shape index (κ2) is 3.67. The van der Waals surface area contributed by atoms with Crippen molar-refractivity contribution in [3.63, 3.8) is 0 Å². The molecule has 0 aliphatic rings. The summed E-state index contributed by atoms with van der Waals surface area (Å²) in [5, 5.41) is 16.9. The van der Waals surface area contributed by atoms with Crippen molar-refractivity contribution >= 4 is 22.6 Å². The second-order valence-corrected chi connectivity index (χ2v) is 3.29. The highest BCUT2D eigenvalue weighted by atomic mass is 127. The number of hydrogen-bond acceptors (Lipinski definition) is 2. The molecule has 1 aromatic rings. The monoisotopic (exact) mass is 290 g/mol. The number of nitriles is 2. The van der Waals surface area contributed by atoms with E-state index in [4.69, 9.17) is 10.5 Å². The summed E-state index contributed by atoms with van der Waals surface area (Å²) in [6, 6.07) is 3.89. The molecule has 0 aliphatic heterocycles. The van der Waals surface area contributed by atoms with E-state index in [9.17, 15) is 8.78 Å². The van der Waals surface area contributed by atoms with Crippen LogP contribution in [0.5, 0.6) is 0 Å². The maximum absolute atomic E-state index is 13.1. The van der Waals surface area contributed by atoms with Crippen LogP contribution in [0.4, 0.5) is 8.78 Å². The van der Waals surface area contributed by atoms with Crippen LogP contribution >= 0.6 is 22.6 Å². The second-order valence-electron chi connectivity index (χ2n) is 2.13. The van der Waals surface area contributed by atoms with Crippen molar-refractivity contribution in [2.24, 2.45) is 0 Å². The molecule has 0 spiro atoms. The van der Waals surface area contributed by atoms with Crippen LogP contribution in [0.1, 0.15) is 11.1 Å². The van der Waals surface area contributed by atoms with E-state index in [1.165, 1.54) is 6.07 Å². The molecule has 0 aliphatic carbocycles. The molecule has 64 valence electrons. The maximum Gasteiger partial charge on any atom is 0.162 e. The van der Waals surface area contributed by atoms with Crippen molar-refractivity contribution in [2.45, 2.75) is 0 Å². The Morgan fingerprint density at radius 2 is 1.69 bits per heavy atom. The third-order valence-electron chi connectivity index (χ3n) is 1.39. The summed E-state index contributed by atoms with van der Waals surface area (Å²) in [6.45, 7) is 0. The van der Waals surface area contributed by atoms with E-state index < -0.39 is 17.2 Å². The van der Waals surface area contributed by atoms with E-state index in [1.54, 1.807) is 28.7 Å². The number of hydrogen-bond donors (Lipinski definition) is 0. The molecule has 0 aromatic heterocycles. The van der Waals surface area contributed by atoms with Crippen molar-refractivity contribution in [1.82, 2.24) is 0 Å². The molecule has 0 amide bonds. The average Bonchev–Trinajstić information content (AvgIpc) is 2.04. The lowest BCUT2D eigenvalue weighted by atomic mass is 10.1. The van der Waals surface area contributed by atoms with Gasteiger partial charge in [-0.15, -0.1) is 0 Å². The highest BCUT2D eigenvalue weighted by molar-refractivity contribution is 14.1. The molecule has 1 aromatic carbocycles. The van der Waals surface area contributed by atoms with Gasteiger partial charge in [0, 0.05) is 3.57 Å². The molecule has 5 heteroatoms. The van der Waals surface area contributed by atoms with Gasteiger partial charge in [0.15, 0.2) is 5.82 Å². The number of benzene rings is 1. The molecular formula is C8HF2IN2. The van der Waals surface area contributed by atoms with Crippen LogP contribution in [-0.4, -0.2) is 0 Å². The number of rotatable bonds is 0. The Kier molecular flexibility index (Phi) is 2.79. The van der Waals surface area contributed by atoms with Crippen molar-refractivity contribution in [3.05, 3.63) is 32.4 Å². The predicted molar refractivity (Wildman–Crippen MR) is 48.5 cm³/mol. The summed E-state index contributed by atoms with van der Waals surface area (Å²) in [5.74, 6) is -2.03. The van der Waals surface area contributed by atoms with E-state index >= 15 is 0 Å². The minimum absolute atomic E-state index is 0.161. The van der Waals surface area contributed by atoms with Gasteiger partial charge in [-0.05, 0) is 28.7 Å². The van der Waals surface area contributed by atoms with Gasteiger partial charge in [0.05, 0.1) is 0 Å². The van der Waals surface area contributed by atoms with Crippen LogP contribution in [0.15, 0.2) is 6.07 Å². The predicted octanol–water partition coefficient (Wildman–Crippen LogP) is 2.31. The Balaban J connectivity index is 3.63. The Bertz CT molecular complexity index is 405. The number of halogens is 3. The fourth-order valence-electron chi connectivity index (χ4n) is 0.795. The zero-order chi connectivity index (χ0) is 10.0. The summed E-state index contributed by atoms with van der Waals surface area (Å²) in [4.78, 5) is 0. The molecule has 0 fully saturated rings. The number of nitrogens with zero attached hydrogens (tertiary/aromatic N) is 2. The highest BCUT2D eigenvalue weighted by Crippen LogP contribution is 2.21. The molecular weight excluding hydrogens is 289 g/mol. The molecule has 0 saturated carbocycles. The lowest BCUT2D eigenvalue weighted by molar-refractivity contribution is 0.572. The van der Waals surface area contributed by atoms with Gasteiger partial charge in [-0.2, -0.15) is 10.5 Å². The SMILES string of the molecule is N#Cc1c(F)cc(I)c(C#N)c1F. The zero-order valence-corrected chi connectivity index (χ0v) is 8.26. The zero-order valence-electron chi connectivity index (χ0n) is 6.11. The van der Waals surface area contributed by atoms with Crippen LogP contribution in [0.25, 0.3) is 0 Å². The van der Waals surface area contributed by atoms with Crippen LogP contribution in [0.3, 0.4) is 0 Å². The topological polar surface area (TPSA) is 47.6 Å². The van der Waals surface area contributed by atoms with Crippen LogP contribution < -0.4 is 0 Å². The van der Waals surface area contributed by atoms with E-state index in [0.717, 1.165) is 6.07 Å². The standard InChI is InChI=1S/C8HF2IN2/c9-6-1-7(11)5(3-13)8(10)4(6)2-12/h1H. The average molecular weight is 290 g/mol. The molecule has 0 radical (unpaired) electrons. The molecule has 0 atom stereocenters. The summed E-state index contributed by atoms with van der Waals surface area (Å²) in [6.07, 6.45) is 0. The summed E-state index contributed by atoms with van der Waals surface area (Å²) in [5.41, 5.74) is -1.00. The Morgan fingerprint density at radius 1 is 1.15 bits per heavy atom. The van der Waals surface area contributed by atoms with Crippen molar-refractivity contribution < 1.29 is 8.78 Å². The third-order valence-corrected chi connectivity index (χ3v) is 2.24. The first-order valence-corrected chi connectivity index (χ1v) is 4.17. The van der Waals surface area contributed by atoms with Crippen molar-refractivity contribution in [3.8, 4) is 12.1 Å². The van der Waals surface area contributed by atoms with Gasteiger partial charge in [-0.25, -0.2) is 8.78 Å². The van der Waals surface area contributed by atoms with E-state index in [-0.39, 0.29) is 9.13 Å². The fourth-order valence-corrected chi connectivity index (χ4v) is 1.43. The van der Waals surface area contributed by atoms with Crippen LogP contribution in [0.2, 0.25) is 0 Å². The molecule has 0 saturated heterocycles. The van der Waals surface area contributed by atoms with Gasteiger partial charge < -0.3 is 0 Å². The third kappa shape index (κ3) is 1.61. The minimum Gasteiger partial charge on any atom is -0.205 e. The summed E-state index contributed by atoms with van der Waals surface area (Å²) in [7, 11) is 0. The summed E-state index contributed by atoms with van der Waals surface area (Å²) >= 11 is 1.63. The first-order valence-electron chi connectivity index (χ1n) is 3.09. The van der Waals surface area contributed by atoms with E-state index in [0.29, 0.717) is 0 Å². The van der Waals surface area contributed by atoms with Gasteiger partial charge in [-0.3, -0.25) is 0 Å². The van der Waals surface area contributed by atoms with Crippen molar-refractivity contribution in [1.29, 1.82) is 10.5 Å². The lowest BCUT2D eigenvalue weighted by Crippen LogP contribution is -1.97. The first kappa shape index (κ1) is 9.87. The quantitative estimate of drug-likeness (QED) is 0.688. The normalized spacial score (nSPS) is 9.00. The molecule has 0 N–H and O–H groups in total. The van der Waals surface area contributed by atoms with Gasteiger partial charge >= 0.3 is 0 Å². The molecule has 0 heterocycles. The van der Waals surface area contributed by atoms with Crippen molar-refractivity contribution in [2.75, 3.05) is 0 Å². The molecule has 1 rings (SSSR count).